The van der Waals surface area contributed by atoms with Crippen LogP contribution in [0.2, 0.25) is 0 Å². The molecule has 7 aromatic rings. The van der Waals surface area contributed by atoms with Crippen molar-refractivity contribution in [2.45, 2.75) is 78.9 Å². The van der Waals surface area contributed by atoms with Crippen molar-refractivity contribution in [3.05, 3.63) is 193 Å². The second kappa shape index (κ2) is 15.2. The molecule has 3 saturated carbocycles. The van der Waals surface area contributed by atoms with Crippen molar-refractivity contribution in [1.82, 2.24) is 0 Å². The zero-order valence-electron chi connectivity index (χ0n) is 35.1. The minimum absolute atomic E-state index is 0.0163. The van der Waals surface area contributed by atoms with E-state index in [0.29, 0.717) is 11.8 Å². The molecule has 2 bridgehead atoms. The largest absolute Gasteiger partial charge is 0.311 e. The van der Waals surface area contributed by atoms with Gasteiger partial charge in [0.05, 0.1) is 0 Å². The molecule has 0 radical (unpaired) electrons. The van der Waals surface area contributed by atoms with E-state index in [1.165, 1.54) is 130 Å². The van der Waals surface area contributed by atoms with Crippen LogP contribution in [-0.4, -0.2) is 12.5 Å². The molecular formula is C57H56N2S. The van der Waals surface area contributed by atoms with Gasteiger partial charge in [0, 0.05) is 49.3 Å². The highest BCUT2D eigenvalue weighted by Gasteiger charge is 2.52. The minimum Gasteiger partial charge on any atom is -0.311 e. The Morgan fingerprint density at radius 3 is 1.52 bits per heavy atom. The van der Waals surface area contributed by atoms with Crippen LogP contribution in [0.15, 0.2) is 186 Å². The lowest BCUT2D eigenvalue weighted by Crippen LogP contribution is -2.34. The molecule has 3 atom stereocenters. The molecule has 2 nitrogen and oxygen atoms in total. The molecule has 0 N–H and O–H groups in total. The standard InChI is InChI=1S/C57H56N2S/c1-60(2)55-21-13-12-20-53(55)54-39-52(36-37-56(54)60)59(49-30-23-43(24-31-49)42-14-6-3-7-15-42)51-34-28-45(29-35-51)57(40-41-22-25-46(57)38-41)44-26-32-50(33-27-44)58(47-16-8-4-9-17-47)48-18-10-5-11-19-48/h4-5,8-13,16-21,23-24,26-37,39,41-42,46H,3,6-7,14-15,22,25,38,40H2,1-2H3. The minimum atomic E-state index is -1.06. The number of hydrogen-bond acceptors (Lipinski definition) is 2. The third-order valence-corrected chi connectivity index (χ3v) is 17.8. The molecule has 0 spiro atoms. The van der Waals surface area contributed by atoms with Gasteiger partial charge in [-0.15, -0.1) is 0 Å². The molecule has 3 fully saturated rings. The summed E-state index contributed by atoms with van der Waals surface area (Å²) in [6.45, 7) is 0. The van der Waals surface area contributed by atoms with E-state index in [0.717, 1.165) is 5.92 Å². The van der Waals surface area contributed by atoms with Crippen molar-refractivity contribution >= 4 is 44.2 Å². The zero-order chi connectivity index (χ0) is 40.3. The Morgan fingerprint density at radius 2 is 0.950 bits per heavy atom. The maximum Gasteiger partial charge on any atom is 0.0468 e. The van der Waals surface area contributed by atoms with Gasteiger partial charge >= 0.3 is 0 Å². The topological polar surface area (TPSA) is 6.48 Å². The molecule has 0 aromatic heterocycles. The van der Waals surface area contributed by atoms with Gasteiger partial charge in [0.25, 0.3) is 0 Å². The van der Waals surface area contributed by atoms with Crippen LogP contribution in [0, 0.1) is 11.8 Å². The van der Waals surface area contributed by atoms with Gasteiger partial charge in [0.1, 0.15) is 0 Å². The van der Waals surface area contributed by atoms with E-state index in [2.05, 4.69) is 198 Å². The molecule has 7 aromatic carbocycles. The fourth-order valence-electron chi connectivity index (χ4n) is 12.0. The van der Waals surface area contributed by atoms with E-state index in [1.807, 2.05) is 0 Å². The number of nitrogens with zero attached hydrogens (tertiary/aromatic N) is 2. The second-order valence-corrected chi connectivity index (χ2v) is 22.0. The van der Waals surface area contributed by atoms with Crippen molar-refractivity contribution < 1.29 is 0 Å². The van der Waals surface area contributed by atoms with Crippen LogP contribution in [0.4, 0.5) is 34.1 Å². The van der Waals surface area contributed by atoms with Crippen molar-refractivity contribution in [1.29, 1.82) is 0 Å². The molecule has 3 unspecified atom stereocenters. The van der Waals surface area contributed by atoms with Crippen molar-refractivity contribution in [3.63, 3.8) is 0 Å². The average Bonchev–Trinajstić information content (AvgIpc) is 4.00. The number of benzene rings is 7. The summed E-state index contributed by atoms with van der Waals surface area (Å²) in [5.41, 5.74) is 14.5. The van der Waals surface area contributed by atoms with E-state index in [4.69, 9.17) is 0 Å². The molecule has 4 aliphatic rings. The van der Waals surface area contributed by atoms with Gasteiger partial charge < -0.3 is 9.80 Å². The van der Waals surface area contributed by atoms with Crippen LogP contribution in [-0.2, 0) is 5.41 Å². The molecule has 3 aliphatic carbocycles. The highest BCUT2D eigenvalue weighted by Crippen LogP contribution is 2.68. The first-order chi connectivity index (χ1) is 29.5. The maximum atomic E-state index is 2.52. The molecule has 3 heteroatoms. The van der Waals surface area contributed by atoms with E-state index in [1.54, 1.807) is 0 Å². The lowest BCUT2D eigenvalue weighted by atomic mass is 9.64. The number of hydrogen-bond donors (Lipinski definition) is 0. The number of rotatable bonds is 9. The highest BCUT2D eigenvalue weighted by atomic mass is 32.3. The normalized spacial score (nSPS) is 21.9. The summed E-state index contributed by atoms with van der Waals surface area (Å²) in [6, 6.07) is 67.0. The summed E-state index contributed by atoms with van der Waals surface area (Å²) in [5, 5.41) is 0. The summed E-state index contributed by atoms with van der Waals surface area (Å²) < 4.78 is 0. The summed E-state index contributed by atoms with van der Waals surface area (Å²) in [6.07, 6.45) is 16.9. The molecule has 11 rings (SSSR count). The first kappa shape index (κ1) is 37.5. The second-order valence-electron chi connectivity index (χ2n) is 18.4. The molecule has 0 saturated heterocycles. The summed E-state index contributed by atoms with van der Waals surface area (Å²) >= 11 is 0. The monoisotopic (exact) mass is 800 g/mol. The van der Waals surface area contributed by atoms with E-state index in [-0.39, 0.29) is 5.41 Å². The van der Waals surface area contributed by atoms with Gasteiger partial charge in [-0.25, -0.2) is 0 Å². The van der Waals surface area contributed by atoms with Crippen LogP contribution in [0.5, 0.6) is 0 Å². The van der Waals surface area contributed by atoms with Gasteiger partial charge in [0.2, 0.25) is 0 Å². The van der Waals surface area contributed by atoms with Gasteiger partial charge in [0.15, 0.2) is 0 Å². The molecule has 1 aliphatic heterocycles. The third-order valence-electron chi connectivity index (χ3n) is 14.9. The molecule has 300 valence electrons. The Morgan fingerprint density at radius 1 is 0.450 bits per heavy atom. The van der Waals surface area contributed by atoms with E-state index in [9.17, 15) is 0 Å². The fraction of sp³-hybridized carbons (Fsp3) is 0.263. The van der Waals surface area contributed by atoms with Gasteiger partial charge in [-0.3, -0.25) is 0 Å². The predicted octanol–water partition coefficient (Wildman–Crippen LogP) is 16.2. The van der Waals surface area contributed by atoms with Crippen molar-refractivity contribution in [2.75, 3.05) is 22.3 Å². The quantitative estimate of drug-likeness (QED) is 0.143. The van der Waals surface area contributed by atoms with Crippen molar-refractivity contribution in [2.24, 2.45) is 11.8 Å². The molecule has 1 heterocycles. The average molecular weight is 801 g/mol. The summed E-state index contributed by atoms with van der Waals surface area (Å²) in [5.74, 6) is 2.14. The van der Waals surface area contributed by atoms with Crippen LogP contribution < -0.4 is 9.80 Å². The SMILES string of the molecule is CS1(C)c2ccccc2-c2cc(N(c3ccc(C4CCCCC4)cc3)c3ccc(C4(c5ccc(N(c6ccccc6)c6ccccc6)cc5)CC5CCC4C5)cc3)ccc21. The summed E-state index contributed by atoms with van der Waals surface area (Å²) in [7, 11) is -1.06. The van der Waals surface area contributed by atoms with Gasteiger partial charge in [-0.2, -0.15) is 10.0 Å². The number of para-hydroxylation sites is 2. The first-order valence-corrected chi connectivity index (χ1v) is 24.9. The number of fused-ring (bicyclic) bond motifs is 5. The Hall–Kier alpha value is -5.51. The lowest BCUT2D eigenvalue weighted by Gasteiger charge is -2.40. The van der Waals surface area contributed by atoms with Gasteiger partial charge in [-0.05, 0) is 175 Å². The Bertz CT molecular complexity index is 2570. The highest BCUT2D eigenvalue weighted by molar-refractivity contribution is 8.33. The predicted molar refractivity (Wildman–Crippen MR) is 256 cm³/mol. The Labute approximate surface area is 359 Å². The van der Waals surface area contributed by atoms with E-state index < -0.39 is 10.0 Å². The van der Waals surface area contributed by atoms with Crippen LogP contribution in [0.25, 0.3) is 11.1 Å². The van der Waals surface area contributed by atoms with Crippen LogP contribution in [0.1, 0.15) is 80.4 Å². The Kier molecular flexibility index (Phi) is 9.49. The van der Waals surface area contributed by atoms with Gasteiger partial charge in [-0.1, -0.05) is 117 Å². The number of anilines is 6. The first-order valence-electron chi connectivity index (χ1n) is 22.5. The zero-order valence-corrected chi connectivity index (χ0v) is 36.0. The van der Waals surface area contributed by atoms with Crippen molar-refractivity contribution in [3.8, 4) is 11.1 Å². The smallest absolute Gasteiger partial charge is 0.0468 e. The van der Waals surface area contributed by atoms with Crippen LogP contribution in [0.3, 0.4) is 0 Å². The fourth-order valence-corrected chi connectivity index (χ4v) is 14.5. The van der Waals surface area contributed by atoms with Crippen LogP contribution >= 0.6 is 10.0 Å². The van der Waals surface area contributed by atoms with E-state index >= 15 is 0 Å². The molecule has 0 amide bonds. The molecular weight excluding hydrogens is 745 g/mol. The lowest BCUT2D eigenvalue weighted by molar-refractivity contribution is 0.320. The maximum absolute atomic E-state index is 2.52. The molecule has 60 heavy (non-hydrogen) atoms. The third kappa shape index (κ3) is 6.31. The Balaban J connectivity index is 0.980. The summed E-state index contributed by atoms with van der Waals surface area (Å²) in [4.78, 5) is 7.89.